The SMILES string of the molecule is Cc1cc2ncsc2cc1Br. The van der Waals surface area contributed by atoms with E-state index < -0.39 is 0 Å². The highest BCUT2D eigenvalue weighted by Crippen LogP contribution is 2.25. The topological polar surface area (TPSA) is 12.9 Å². The molecule has 0 aliphatic carbocycles. The first-order valence-electron chi connectivity index (χ1n) is 3.27. The molecular formula is C8H6BrNS. The zero-order valence-corrected chi connectivity index (χ0v) is 8.37. The fourth-order valence-electron chi connectivity index (χ4n) is 0.983. The Morgan fingerprint density at radius 2 is 2.27 bits per heavy atom. The Morgan fingerprint density at radius 3 is 3.09 bits per heavy atom. The molecule has 1 heterocycles. The molecule has 11 heavy (non-hydrogen) atoms. The number of fused-ring (bicyclic) bond motifs is 1. The van der Waals surface area contributed by atoms with Crippen LogP contribution in [0.25, 0.3) is 10.2 Å². The number of thiazole rings is 1. The van der Waals surface area contributed by atoms with Crippen LogP contribution in [0.2, 0.25) is 0 Å². The third-order valence-corrected chi connectivity index (χ3v) is 3.26. The van der Waals surface area contributed by atoms with Crippen LogP contribution in [0.3, 0.4) is 0 Å². The van der Waals surface area contributed by atoms with Crippen molar-refractivity contribution in [2.75, 3.05) is 0 Å². The van der Waals surface area contributed by atoms with Crippen molar-refractivity contribution in [3.8, 4) is 0 Å². The van der Waals surface area contributed by atoms with Crippen LogP contribution < -0.4 is 0 Å². The minimum Gasteiger partial charge on any atom is -0.245 e. The standard InChI is InChI=1S/C8H6BrNS/c1-5-2-7-8(3-6(5)9)11-4-10-7/h2-4H,1H3. The highest BCUT2D eigenvalue weighted by Gasteiger charge is 1.99. The van der Waals surface area contributed by atoms with Gasteiger partial charge in [0.2, 0.25) is 0 Å². The Morgan fingerprint density at radius 1 is 1.45 bits per heavy atom. The third-order valence-electron chi connectivity index (χ3n) is 1.61. The molecule has 0 saturated carbocycles. The van der Waals surface area contributed by atoms with E-state index in [9.17, 15) is 0 Å². The zero-order chi connectivity index (χ0) is 7.84. The van der Waals surface area contributed by atoms with Gasteiger partial charge in [-0.1, -0.05) is 15.9 Å². The molecule has 2 aromatic rings. The van der Waals surface area contributed by atoms with Gasteiger partial charge in [0.1, 0.15) is 0 Å². The molecule has 0 atom stereocenters. The van der Waals surface area contributed by atoms with E-state index in [2.05, 4.69) is 40.0 Å². The summed E-state index contributed by atoms with van der Waals surface area (Å²) in [7, 11) is 0. The Hall–Kier alpha value is -0.410. The van der Waals surface area contributed by atoms with E-state index in [-0.39, 0.29) is 0 Å². The molecule has 0 fully saturated rings. The molecule has 1 aromatic heterocycles. The van der Waals surface area contributed by atoms with Crippen molar-refractivity contribution in [2.45, 2.75) is 6.92 Å². The van der Waals surface area contributed by atoms with Gasteiger partial charge in [-0.3, -0.25) is 0 Å². The van der Waals surface area contributed by atoms with Crippen LogP contribution in [-0.4, -0.2) is 4.98 Å². The van der Waals surface area contributed by atoms with Crippen LogP contribution in [0.15, 0.2) is 22.1 Å². The number of hydrogen-bond acceptors (Lipinski definition) is 2. The first-order chi connectivity index (χ1) is 5.27. The van der Waals surface area contributed by atoms with Crippen molar-refractivity contribution >= 4 is 37.5 Å². The van der Waals surface area contributed by atoms with Crippen molar-refractivity contribution in [3.05, 3.63) is 27.7 Å². The summed E-state index contributed by atoms with van der Waals surface area (Å²) in [6.45, 7) is 2.07. The van der Waals surface area contributed by atoms with Crippen molar-refractivity contribution in [1.29, 1.82) is 0 Å². The molecule has 1 nitrogen and oxygen atoms in total. The maximum atomic E-state index is 4.22. The minimum atomic E-state index is 1.09. The summed E-state index contributed by atoms with van der Waals surface area (Å²) in [4.78, 5) is 4.22. The van der Waals surface area contributed by atoms with E-state index in [0.29, 0.717) is 0 Å². The quantitative estimate of drug-likeness (QED) is 0.673. The zero-order valence-electron chi connectivity index (χ0n) is 5.97. The summed E-state index contributed by atoms with van der Waals surface area (Å²) >= 11 is 5.15. The summed E-state index contributed by atoms with van der Waals surface area (Å²) in [5.41, 5.74) is 4.20. The molecule has 0 amide bonds. The summed E-state index contributed by atoms with van der Waals surface area (Å²) in [6, 6.07) is 4.21. The molecule has 0 aliphatic heterocycles. The van der Waals surface area contributed by atoms with Crippen molar-refractivity contribution in [1.82, 2.24) is 4.98 Å². The maximum Gasteiger partial charge on any atom is 0.0815 e. The lowest BCUT2D eigenvalue weighted by molar-refractivity contribution is 1.43. The van der Waals surface area contributed by atoms with Gasteiger partial charge in [-0.05, 0) is 24.6 Å². The van der Waals surface area contributed by atoms with E-state index in [1.165, 1.54) is 10.3 Å². The van der Waals surface area contributed by atoms with Gasteiger partial charge in [-0.25, -0.2) is 4.98 Å². The first-order valence-corrected chi connectivity index (χ1v) is 4.94. The molecule has 0 spiro atoms. The smallest absolute Gasteiger partial charge is 0.0815 e. The molecule has 0 radical (unpaired) electrons. The molecule has 56 valence electrons. The van der Waals surface area contributed by atoms with Gasteiger partial charge in [0, 0.05) is 4.47 Å². The summed E-state index contributed by atoms with van der Waals surface area (Å²) in [5.74, 6) is 0. The second kappa shape index (κ2) is 2.57. The average molecular weight is 228 g/mol. The van der Waals surface area contributed by atoms with Gasteiger partial charge in [0.25, 0.3) is 0 Å². The van der Waals surface area contributed by atoms with E-state index in [1.807, 2.05) is 5.51 Å². The van der Waals surface area contributed by atoms with Gasteiger partial charge in [0.05, 0.1) is 15.7 Å². The Balaban J connectivity index is 2.86. The normalized spacial score (nSPS) is 10.7. The number of benzene rings is 1. The Labute approximate surface area is 77.2 Å². The number of halogens is 1. The Bertz CT molecular complexity index is 358. The van der Waals surface area contributed by atoms with Crippen molar-refractivity contribution in [2.24, 2.45) is 0 Å². The van der Waals surface area contributed by atoms with E-state index >= 15 is 0 Å². The van der Waals surface area contributed by atoms with Crippen LogP contribution in [-0.2, 0) is 0 Å². The highest BCUT2D eigenvalue weighted by atomic mass is 79.9. The van der Waals surface area contributed by atoms with E-state index in [0.717, 1.165) is 9.99 Å². The predicted octanol–water partition coefficient (Wildman–Crippen LogP) is 3.37. The molecule has 0 bridgehead atoms. The average Bonchev–Trinajstić information content (AvgIpc) is 2.36. The molecule has 2 rings (SSSR count). The summed E-state index contributed by atoms with van der Waals surface area (Å²) in [6.07, 6.45) is 0. The number of aryl methyl sites for hydroxylation is 1. The van der Waals surface area contributed by atoms with Crippen LogP contribution >= 0.6 is 27.3 Å². The molecule has 0 saturated heterocycles. The molecule has 0 aliphatic rings. The molecule has 0 unspecified atom stereocenters. The maximum absolute atomic E-state index is 4.22. The summed E-state index contributed by atoms with van der Waals surface area (Å²) < 4.78 is 2.40. The third kappa shape index (κ3) is 1.19. The predicted molar refractivity (Wildman–Crippen MR) is 52.1 cm³/mol. The summed E-state index contributed by atoms with van der Waals surface area (Å²) in [5, 5.41) is 0. The van der Waals surface area contributed by atoms with Crippen LogP contribution in [0.5, 0.6) is 0 Å². The largest absolute Gasteiger partial charge is 0.245 e. The van der Waals surface area contributed by atoms with Crippen molar-refractivity contribution in [3.63, 3.8) is 0 Å². The van der Waals surface area contributed by atoms with E-state index in [1.54, 1.807) is 11.3 Å². The van der Waals surface area contributed by atoms with Gasteiger partial charge < -0.3 is 0 Å². The molecular weight excluding hydrogens is 222 g/mol. The monoisotopic (exact) mass is 227 g/mol. The lowest BCUT2D eigenvalue weighted by Crippen LogP contribution is -1.74. The lowest BCUT2D eigenvalue weighted by Gasteiger charge is -1.95. The van der Waals surface area contributed by atoms with Crippen LogP contribution in [0, 0.1) is 6.92 Å². The van der Waals surface area contributed by atoms with Gasteiger partial charge in [-0.2, -0.15) is 0 Å². The fraction of sp³-hybridized carbons (Fsp3) is 0.125. The molecule has 3 heteroatoms. The van der Waals surface area contributed by atoms with Crippen molar-refractivity contribution < 1.29 is 0 Å². The number of rotatable bonds is 0. The highest BCUT2D eigenvalue weighted by molar-refractivity contribution is 9.10. The van der Waals surface area contributed by atoms with Crippen LogP contribution in [0.4, 0.5) is 0 Å². The van der Waals surface area contributed by atoms with Gasteiger partial charge in [-0.15, -0.1) is 11.3 Å². The second-order valence-corrected chi connectivity index (χ2v) is 4.16. The van der Waals surface area contributed by atoms with E-state index in [4.69, 9.17) is 0 Å². The van der Waals surface area contributed by atoms with Gasteiger partial charge in [0.15, 0.2) is 0 Å². The van der Waals surface area contributed by atoms with Gasteiger partial charge >= 0.3 is 0 Å². The number of nitrogens with zero attached hydrogens (tertiary/aromatic N) is 1. The number of hydrogen-bond donors (Lipinski definition) is 0. The lowest BCUT2D eigenvalue weighted by atomic mass is 10.2. The van der Waals surface area contributed by atoms with Crippen LogP contribution in [0.1, 0.15) is 5.56 Å². The number of aromatic nitrogens is 1. The minimum absolute atomic E-state index is 1.09. The molecule has 0 N–H and O–H groups in total. The fourth-order valence-corrected chi connectivity index (χ4v) is 2.18. The first kappa shape index (κ1) is 7.25. The second-order valence-electron chi connectivity index (χ2n) is 2.42. The Kier molecular flexibility index (Phi) is 1.69. The molecule has 1 aromatic carbocycles.